The second kappa shape index (κ2) is 8.12. The number of aryl methyl sites for hydroxylation is 1. The Morgan fingerprint density at radius 2 is 1.75 bits per heavy atom. The van der Waals surface area contributed by atoms with Gasteiger partial charge >= 0.3 is 0 Å². The molecule has 0 bridgehead atoms. The van der Waals surface area contributed by atoms with Crippen LogP contribution in [0.5, 0.6) is 11.6 Å². The molecule has 28 heavy (non-hydrogen) atoms. The third-order valence-electron chi connectivity index (χ3n) is 4.91. The number of carbonyl (C=O) groups is 1. The molecule has 0 unspecified atom stereocenters. The van der Waals surface area contributed by atoms with Gasteiger partial charge in [0, 0.05) is 43.8 Å². The number of hydrogen-bond acceptors (Lipinski definition) is 6. The van der Waals surface area contributed by atoms with E-state index in [1.165, 1.54) is 0 Å². The molecule has 1 aliphatic rings. The topological polar surface area (TPSA) is 81.1 Å². The van der Waals surface area contributed by atoms with Gasteiger partial charge in [-0.05, 0) is 44.0 Å². The highest BCUT2D eigenvalue weighted by Gasteiger charge is 2.28. The molecule has 1 fully saturated rings. The zero-order valence-corrected chi connectivity index (χ0v) is 15.7. The van der Waals surface area contributed by atoms with Crippen molar-refractivity contribution in [3.05, 3.63) is 72.2 Å². The van der Waals surface area contributed by atoms with E-state index in [0.29, 0.717) is 30.4 Å². The summed E-state index contributed by atoms with van der Waals surface area (Å²) in [6.45, 7) is 3.21. The van der Waals surface area contributed by atoms with Gasteiger partial charge in [-0.3, -0.25) is 19.7 Å². The standard InChI is InChI=1S/C21H21N5O2/c1-15-18(6-4-10-22-15)28-20-19(24-11-12-25-20)16-7-13-26(14-8-16)21(27)17-5-2-3-9-23-17/h2-6,9-12,16H,7-8,13-14H2,1H3. The van der Waals surface area contributed by atoms with Gasteiger partial charge < -0.3 is 9.64 Å². The molecule has 1 saturated heterocycles. The Bertz CT molecular complexity index is 956. The highest BCUT2D eigenvalue weighted by molar-refractivity contribution is 5.92. The number of piperidine rings is 1. The van der Waals surface area contributed by atoms with E-state index >= 15 is 0 Å². The molecule has 3 aromatic rings. The zero-order chi connectivity index (χ0) is 19.3. The third kappa shape index (κ3) is 3.83. The number of aromatic nitrogens is 4. The molecular weight excluding hydrogens is 354 g/mol. The van der Waals surface area contributed by atoms with Crippen molar-refractivity contribution >= 4 is 5.91 Å². The van der Waals surface area contributed by atoms with Crippen molar-refractivity contribution in [3.63, 3.8) is 0 Å². The quantitative estimate of drug-likeness (QED) is 0.695. The molecule has 0 spiro atoms. The van der Waals surface area contributed by atoms with Gasteiger partial charge in [-0.1, -0.05) is 6.07 Å². The lowest BCUT2D eigenvalue weighted by Crippen LogP contribution is -2.38. The third-order valence-corrected chi connectivity index (χ3v) is 4.91. The number of rotatable bonds is 4. The Morgan fingerprint density at radius 3 is 2.50 bits per heavy atom. The number of hydrogen-bond donors (Lipinski definition) is 0. The number of nitrogens with zero attached hydrogens (tertiary/aromatic N) is 5. The number of amides is 1. The van der Waals surface area contributed by atoms with Gasteiger partial charge in [0.1, 0.15) is 11.4 Å². The smallest absolute Gasteiger partial charge is 0.272 e. The van der Waals surface area contributed by atoms with E-state index in [2.05, 4.69) is 19.9 Å². The van der Waals surface area contributed by atoms with Gasteiger partial charge in [0.2, 0.25) is 5.88 Å². The highest BCUT2D eigenvalue weighted by atomic mass is 16.5. The maximum Gasteiger partial charge on any atom is 0.272 e. The minimum absolute atomic E-state index is 0.0272. The first-order chi connectivity index (χ1) is 13.7. The van der Waals surface area contributed by atoms with Crippen LogP contribution < -0.4 is 4.74 Å². The SMILES string of the molecule is Cc1ncccc1Oc1nccnc1C1CCN(C(=O)c2ccccn2)CC1. The average Bonchev–Trinajstić information content (AvgIpc) is 2.76. The monoisotopic (exact) mass is 375 g/mol. The Labute approximate surface area is 163 Å². The molecule has 1 amide bonds. The van der Waals surface area contributed by atoms with Crippen molar-refractivity contribution in [2.75, 3.05) is 13.1 Å². The highest BCUT2D eigenvalue weighted by Crippen LogP contribution is 2.34. The molecule has 0 atom stereocenters. The van der Waals surface area contributed by atoms with Crippen molar-refractivity contribution in [2.24, 2.45) is 0 Å². The van der Waals surface area contributed by atoms with Crippen LogP contribution in [0.15, 0.2) is 55.1 Å². The summed E-state index contributed by atoms with van der Waals surface area (Å²) >= 11 is 0. The van der Waals surface area contributed by atoms with Gasteiger partial charge in [-0.2, -0.15) is 0 Å². The molecule has 7 heteroatoms. The predicted octanol–water partition coefficient (Wildman–Crippen LogP) is 3.39. The van der Waals surface area contributed by atoms with Crippen LogP contribution in [0, 0.1) is 6.92 Å². The van der Waals surface area contributed by atoms with E-state index < -0.39 is 0 Å². The van der Waals surface area contributed by atoms with Crippen molar-refractivity contribution in [3.8, 4) is 11.6 Å². The van der Waals surface area contributed by atoms with Crippen LogP contribution in [-0.2, 0) is 0 Å². The molecule has 0 N–H and O–H groups in total. The summed E-state index contributed by atoms with van der Waals surface area (Å²) in [5, 5.41) is 0. The Kier molecular flexibility index (Phi) is 5.23. The van der Waals surface area contributed by atoms with E-state index in [9.17, 15) is 4.79 Å². The van der Waals surface area contributed by atoms with Crippen LogP contribution in [0.2, 0.25) is 0 Å². The van der Waals surface area contributed by atoms with Crippen molar-refractivity contribution in [1.82, 2.24) is 24.8 Å². The van der Waals surface area contributed by atoms with E-state index in [0.717, 1.165) is 24.2 Å². The fourth-order valence-electron chi connectivity index (χ4n) is 3.38. The lowest BCUT2D eigenvalue weighted by Gasteiger charge is -2.31. The fraction of sp³-hybridized carbons (Fsp3) is 0.286. The maximum atomic E-state index is 12.6. The molecule has 7 nitrogen and oxygen atoms in total. The van der Waals surface area contributed by atoms with Crippen LogP contribution in [0.3, 0.4) is 0 Å². The predicted molar refractivity (Wildman–Crippen MR) is 103 cm³/mol. The summed E-state index contributed by atoms with van der Waals surface area (Å²) in [4.78, 5) is 31.8. The molecule has 4 rings (SSSR count). The number of carbonyl (C=O) groups excluding carboxylic acids is 1. The van der Waals surface area contributed by atoms with Gasteiger partial charge in [-0.15, -0.1) is 0 Å². The largest absolute Gasteiger partial charge is 0.435 e. The minimum Gasteiger partial charge on any atom is -0.435 e. The first kappa shape index (κ1) is 18.0. The molecule has 0 radical (unpaired) electrons. The molecule has 1 aliphatic heterocycles. The van der Waals surface area contributed by atoms with Crippen LogP contribution in [-0.4, -0.2) is 43.8 Å². The molecule has 0 aromatic carbocycles. The molecule has 0 aliphatic carbocycles. The maximum absolute atomic E-state index is 12.6. The normalized spacial score (nSPS) is 14.7. The van der Waals surface area contributed by atoms with Crippen LogP contribution in [0.25, 0.3) is 0 Å². The van der Waals surface area contributed by atoms with Gasteiger partial charge in [0.25, 0.3) is 5.91 Å². The summed E-state index contributed by atoms with van der Waals surface area (Å²) in [7, 11) is 0. The van der Waals surface area contributed by atoms with Crippen molar-refractivity contribution < 1.29 is 9.53 Å². The summed E-state index contributed by atoms with van der Waals surface area (Å²) < 4.78 is 6.01. The average molecular weight is 375 g/mol. The lowest BCUT2D eigenvalue weighted by atomic mass is 9.93. The van der Waals surface area contributed by atoms with Gasteiger partial charge in [-0.25, -0.2) is 4.98 Å². The molecular formula is C21H21N5O2. The van der Waals surface area contributed by atoms with E-state index in [1.807, 2.05) is 36.1 Å². The molecule has 0 saturated carbocycles. The first-order valence-corrected chi connectivity index (χ1v) is 9.33. The zero-order valence-electron chi connectivity index (χ0n) is 15.7. The fourth-order valence-corrected chi connectivity index (χ4v) is 3.38. The first-order valence-electron chi connectivity index (χ1n) is 9.33. The van der Waals surface area contributed by atoms with Crippen molar-refractivity contribution in [1.29, 1.82) is 0 Å². The number of pyridine rings is 2. The second-order valence-electron chi connectivity index (χ2n) is 6.72. The second-order valence-corrected chi connectivity index (χ2v) is 6.72. The Balaban J connectivity index is 1.47. The molecule has 142 valence electrons. The molecule has 4 heterocycles. The Morgan fingerprint density at radius 1 is 0.964 bits per heavy atom. The lowest BCUT2D eigenvalue weighted by molar-refractivity contribution is 0.0705. The Hall–Kier alpha value is -3.35. The number of likely N-dealkylation sites (tertiary alicyclic amines) is 1. The van der Waals surface area contributed by atoms with E-state index in [1.54, 1.807) is 30.9 Å². The summed E-state index contributed by atoms with van der Waals surface area (Å²) in [5.41, 5.74) is 2.11. The summed E-state index contributed by atoms with van der Waals surface area (Å²) in [6.07, 6.45) is 8.30. The van der Waals surface area contributed by atoms with Crippen LogP contribution >= 0.6 is 0 Å². The minimum atomic E-state index is -0.0272. The van der Waals surface area contributed by atoms with Gasteiger partial charge in [0.15, 0.2) is 5.75 Å². The summed E-state index contributed by atoms with van der Waals surface area (Å²) in [5.74, 6) is 1.34. The van der Waals surface area contributed by atoms with Crippen LogP contribution in [0.1, 0.15) is 40.6 Å². The summed E-state index contributed by atoms with van der Waals surface area (Å²) in [6, 6.07) is 9.09. The van der Waals surface area contributed by atoms with Crippen molar-refractivity contribution in [2.45, 2.75) is 25.7 Å². The van der Waals surface area contributed by atoms with Crippen LogP contribution in [0.4, 0.5) is 0 Å². The van der Waals surface area contributed by atoms with E-state index in [-0.39, 0.29) is 11.8 Å². The van der Waals surface area contributed by atoms with E-state index in [4.69, 9.17) is 4.74 Å². The van der Waals surface area contributed by atoms with Gasteiger partial charge in [0.05, 0.1) is 5.69 Å². The number of ether oxygens (including phenoxy) is 1. The molecule has 3 aromatic heterocycles.